The minimum Gasteiger partial charge on any atom is -0.482 e. The first-order valence-electron chi connectivity index (χ1n) is 8.49. The van der Waals surface area contributed by atoms with E-state index in [-0.39, 0.29) is 24.3 Å². The number of imide groups is 1. The molecule has 8 heteroatoms. The zero-order chi connectivity index (χ0) is 17.4. The van der Waals surface area contributed by atoms with E-state index < -0.39 is 0 Å². The molecule has 0 radical (unpaired) electrons. The van der Waals surface area contributed by atoms with Crippen molar-refractivity contribution in [3.63, 3.8) is 0 Å². The standard InChI is InChI=1S/C17H20N4O4/c22-15-11-25-14-2-1-12(9-13(14)18-15)10-19-5-7-20(8-6-19)21-16(23)3-4-17(21)24/h1-2,9H,3-8,10-11H2,(H,18,22). The Hall–Kier alpha value is -2.45. The predicted octanol–water partition coefficient (Wildman–Crippen LogP) is 0.199. The Morgan fingerprint density at radius 3 is 2.44 bits per heavy atom. The third-order valence-electron chi connectivity index (χ3n) is 4.74. The Morgan fingerprint density at radius 1 is 1.00 bits per heavy atom. The molecule has 0 atom stereocenters. The number of fused-ring (bicyclic) bond motifs is 1. The van der Waals surface area contributed by atoms with Crippen LogP contribution in [0.3, 0.4) is 0 Å². The Bertz CT molecular complexity index is 711. The molecule has 0 aliphatic carbocycles. The van der Waals surface area contributed by atoms with E-state index in [0.717, 1.165) is 25.2 Å². The first-order valence-corrected chi connectivity index (χ1v) is 8.49. The molecule has 0 bridgehead atoms. The van der Waals surface area contributed by atoms with Crippen LogP contribution in [0.15, 0.2) is 18.2 Å². The molecule has 1 N–H and O–H groups in total. The van der Waals surface area contributed by atoms with Gasteiger partial charge < -0.3 is 10.1 Å². The van der Waals surface area contributed by atoms with E-state index in [1.54, 1.807) is 0 Å². The molecule has 4 rings (SSSR count). The lowest BCUT2D eigenvalue weighted by Crippen LogP contribution is -2.55. The quantitative estimate of drug-likeness (QED) is 0.789. The molecule has 0 spiro atoms. The van der Waals surface area contributed by atoms with Gasteiger partial charge in [-0.15, -0.1) is 0 Å². The van der Waals surface area contributed by atoms with Crippen LogP contribution in [-0.4, -0.2) is 65.4 Å². The summed E-state index contributed by atoms with van der Waals surface area (Å²) in [7, 11) is 0. The van der Waals surface area contributed by atoms with Crippen molar-refractivity contribution in [1.29, 1.82) is 0 Å². The van der Waals surface area contributed by atoms with Gasteiger partial charge in [0.15, 0.2) is 6.61 Å². The second kappa shape index (κ2) is 6.45. The number of amides is 3. The van der Waals surface area contributed by atoms with Gasteiger partial charge in [0.2, 0.25) is 11.8 Å². The molecular formula is C17H20N4O4. The topological polar surface area (TPSA) is 82.2 Å². The van der Waals surface area contributed by atoms with Crippen molar-refractivity contribution >= 4 is 23.4 Å². The van der Waals surface area contributed by atoms with E-state index in [1.807, 2.05) is 23.2 Å². The smallest absolute Gasteiger partial charge is 0.262 e. The Kier molecular flexibility index (Phi) is 4.14. The number of hydrogen-bond donors (Lipinski definition) is 1. The van der Waals surface area contributed by atoms with Crippen molar-refractivity contribution in [2.45, 2.75) is 19.4 Å². The van der Waals surface area contributed by atoms with Crippen molar-refractivity contribution in [2.24, 2.45) is 0 Å². The van der Waals surface area contributed by atoms with E-state index in [1.165, 1.54) is 5.01 Å². The van der Waals surface area contributed by atoms with Gasteiger partial charge in [-0.1, -0.05) is 6.07 Å². The number of anilines is 1. The molecule has 1 aromatic carbocycles. The van der Waals surface area contributed by atoms with Crippen molar-refractivity contribution in [3.8, 4) is 5.75 Å². The molecular weight excluding hydrogens is 324 g/mol. The summed E-state index contributed by atoms with van der Waals surface area (Å²) >= 11 is 0. The first kappa shape index (κ1) is 16.0. The summed E-state index contributed by atoms with van der Waals surface area (Å²) in [5, 5.41) is 6.00. The van der Waals surface area contributed by atoms with Gasteiger partial charge in [-0.3, -0.25) is 19.3 Å². The summed E-state index contributed by atoms with van der Waals surface area (Å²) in [6.07, 6.45) is 0.643. The molecule has 0 aromatic heterocycles. The maximum Gasteiger partial charge on any atom is 0.262 e. The van der Waals surface area contributed by atoms with E-state index in [2.05, 4.69) is 10.2 Å². The van der Waals surface area contributed by atoms with E-state index in [0.29, 0.717) is 37.4 Å². The molecule has 2 fully saturated rings. The minimum absolute atomic E-state index is 0.0578. The molecule has 8 nitrogen and oxygen atoms in total. The molecule has 3 heterocycles. The number of carbonyl (C=O) groups excluding carboxylic acids is 3. The summed E-state index contributed by atoms with van der Waals surface area (Å²) in [6, 6.07) is 5.81. The van der Waals surface area contributed by atoms with Crippen LogP contribution in [0.1, 0.15) is 18.4 Å². The monoisotopic (exact) mass is 344 g/mol. The van der Waals surface area contributed by atoms with Crippen LogP contribution in [0.5, 0.6) is 5.75 Å². The Balaban J connectivity index is 1.36. The third-order valence-corrected chi connectivity index (χ3v) is 4.74. The summed E-state index contributed by atoms with van der Waals surface area (Å²) < 4.78 is 5.37. The molecule has 2 saturated heterocycles. The molecule has 132 valence electrons. The number of carbonyl (C=O) groups is 3. The van der Waals surface area contributed by atoms with Crippen LogP contribution in [0.2, 0.25) is 0 Å². The van der Waals surface area contributed by atoms with Gasteiger partial charge in [0.25, 0.3) is 5.91 Å². The molecule has 25 heavy (non-hydrogen) atoms. The molecule has 3 aliphatic heterocycles. The van der Waals surface area contributed by atoms with E-state index >= 15 is 0 Å². The van der Waals surface area contributed by atoms with Crippen LogP contribution in [-0.2, 0) is 20.9 Å². The molecule has 3 amide bonds. The number of ether oxygens (including phenoxy) is 1. The van der Waals surface area contributed by atoms with Crippen LogP contribution in [0, 0.1) is 0 Å². The Labute approximate surface area is 145 Å². The van der Waals surface area contributed by atoms with Crippen molar-refractivity contribution < 1.29 is 19.1 Å². The first-order chi connectivity index (χ1) is 12.1. The summed E-state index contributed by atoms with van der Waals surface area (Å²) in [5.74, 6) is 0.366. The van der Waals surface area contributed by atoms with Gasteiger partial charge >= 0.3 is 0 Å². The number of hydrazine groups is 1. The Morgan fingerprint density at radius 2 is 1.72 bits per heavy atom. The third kappa shape index (κ3) is 3.22. The fourth-order valence-corrected chi connectivity index (χ4v) is 3.46. The maximum absolute atomic E-state index is 11.8. The molecule has 0 unspecified atom stereocenters. The predicted molar refractivity (Wildman–Crippen MR) is 88.5 cm³/mol. The average molecular weight is 344 g/mol. The van der Waals surface area contributed by atoms with E-state index in [9.17, 15) is 14.4 Å². The number of hydrogen-bond acceptors (Lipinski definition) is 6. The van der Waals surface area contributed by atoms with Crippen molar-refractivity contribution in [1.82, 2.24) is 14.9 Å². The number of benzene rings is 1. The lowest BCUT2D eigenvalue weighted by molar-refractivity contribution is -0.160. The lowest BCUT2D eigenvalue weighted by atomic mass is 10.1. The highest BCUT2D eigenvalue weighted by molar-refractivity contribution is 6.01. The van der Waals surface area contributed by atoms with Gasteiger partial charge in [-0.25, -0.2) is 10.0 Å². The fraction of sp³-hybridized carbons (Fsp3) is 0.471. The van der Waals surface area contributed by atoms with Crippen LogP contribution in [0.4, 0.5) is 5.69 Å². The summed E-state index contributed by atoms with van der Waals surface area (Å²) in [4.78, 5) is 37.3. The second-order valence-electron chi connectivity index (χ2n) is 6.50. The lowest BCUT2D eigenvalue weighted by Gasteiger charge is -2.38. The van der Waals surface area contributed by atoms with Crippen LogP contribution < -0.4 is 10.1 Å². The number of nitrogens with zero attached hydrogens (tertiary/aromatic N) is 3. The van der Waals surface area contributed by atoms with Crippen molar-refractivity contribution in [3.05, 3.63) is 23.8 Å². The second-order valence-corrected chi connectivity index (χ2v) is 6.50. The molecule has 0 saturated carbocycles. The highest BCUT2D eigenvalue weighted by Gasteiger charge is 2.35. The molecule has 3 aliphatic rings. The number of rotatable bonds is 3. The highest BCUT2D eigenvalue weighted by atomic mass is 16.5. The fourth-order valence-electron chi connectivity index (χ4n) is 3.46. The van der Waals surface area contributed by atoms with Gasteiger partial charge in [0, 0.05) is 45.6 Å². The van der Waals surface area contributed by atoms with Crippen LogP contribution in [0.25, 0.3) is 0 Å². The average Bonchev–Trinajstić information content (AvgIpc) is 2.94. The largest absolute Gasteiger partial charge is 0.482 e. The summed E-state index contributed by atoms with van der Waals surface area (Å²) in [5.41, 5.74) is 1.80. The zero-order valence-corrected chi connectivity index (χ0v) is 13.9. The molecule has 1 aromatic rings. The minimum atomic E-state index is -0.141. The van der Waals surface area contributed by atoms with Gasteiger partial charge in [0.05, 0.1) is 5.69 Å². The van der Waals surface area contributed by atoms with E-state index in [4.69, 9.17) is 4.74 Å². The normalized spacial score (nSPS) is 21.9. The SMILES string of the molecule is O=C1COc2ccc(CN3CCN(N4C(=O)CCC4=O)CC3)cc2N1. The zero-order valence-electron chi connectivity index (χ0n) is 13.9. The van der Waals surface area contributed by atoms with Gasteiger partial charge in [0.1, 0.15) is 5.75 Å². The number of piperazine rings is 1. The van der Waals surface area contributed by atoms with Gasteiger partial charge in [-0.05, 0) is 17.7 Å². The maximum atomic E-state index is 11.8. The summed E-state index contributed by atoms with van der Waals surface area (Å²) in [6.45, 7) is 3.67. The highest BCUT2D eigenvalue weighted by Crippen LogP contribution is 2.29. The number of nitrogens with one attached hydrogen (secondary N) is 1. The van der Waals surface area contributed by atoms with Gasteiger partial charge in [-0.2, -0.15) is 0 Å². The van der Waals surface area contributed by atoms with Crippen molar-refractivity contribution in [2.75, 3.05) is 38.1 Å². The van der Waals surface area contributed by atoms with Crippen LogP contribution >= 0.6 is 0 Å².